The van der Waals surface area contributed by atoms with E-state index < -0.39 is 6.17 Å². The summed E-state index contributed by atoms with van der Waals surface area (Å²) in [5.41, 5.74) is 2.44. The molecule has 28 heavy (non-hydrogen) atoms. The first-order valence-electron chi connectivity index (χ1n) is 9.80. The van der Waals surface area contributed by atoms with Gasteiger partial charge in [0, 0.05) is 37.8 Å². The van der Waals surface area contributed by atoms with Crippen LogP contribution in [0, 0.1) is 0 Å². The Morgan fingerprint density at radius 3 is 2.71 bits per heavy atom. The number of anilines is 1. The van der Waals surface area contributed by atoms with Crippen molar-refractivity contribution in [2.45, 2.75) is 45.2 Å². The topological polar surface area (TPSA) is 88.5 Å². The summed E-state index contributed by atoms with van der Waals surface area (Å²) in [5, 5.41) is 14.3. The molecule has 1 atom stereocenters. The molecule has 0 aliphatic carbocycles. The third-order valence-electron chi connectivity index (χ3n) is 5.36. The number of nitrogens with zero attached hydrogens (tertiary/aromatic N) is 4. The molecule has 3 heterocycles. The monoisotopic (exact) mass is 383 g/mol. The van der Waals surface area contributed by atoms with Gasteiger partial charge in [-0.05, 0) is 30.5 Å². The van der Waals surface area contributed by atoms with Gasteiger partial charge in [-0.15, -0.1) is 0 Å². The Balaban J connectivity index is 1.49. The van der Waals surface area contributed by atoms with E-state index in [0.29, 0.717) is 30.9 Å². The van der Waals surface area contributed by atoms with Gasteiger partial charge in [0.15, 0.2) is 6.17 Å². The minimum atomic E-state index is -0.484. The van der Waals surface area contributed by atoms with Crippen LogP contribution in [0.4, 0.5) is 10.5 Å². The highest BCUT2D eigenvalue weighted by atomic mass is 16.5. The summed E-state index contributed by atoms with van der Waals surface area (Å²) in [7, 11) is 0. The van der Waals surface area contributed by atoms with E-state index in [2.05, 4.69) is 17.2 Å². The van der Waals surface area contributed by atoms with E-state index in [4.69, 9.17) is 0 Å². The maximum absolute atomic E-state index is 12.2. The molecule has 4 rings (SSSR count). The minimum Gasteiger partial charge on any atom is -0.312 e. The lowest BCUT2D eigenvalue weighted by atomic mass is 10.1. The van der Waals surface area contributed by atoms with Crippen LogP contribution in [0.3, 0.4) is 0 Å². The van der Waals surface area contributed by atoms with Crippen molar-refractivity contribution >= 4 is 23.5 Å². The Morgan fingerprint density at radius 1 is 1.25 bits per heavy atom. The van der Waals surface area contributed by atoms with Crippen molar-refractivity contribution in [1.82, 2.24) is 15.3 Å². The molecule has 0 radical (unpaired) electrons. The molecule has 1 fully saturated rings. The number of hydrogen-bond acceptors (Lipinski definition) is 5. The minimum absolute atomic E-state index is 0.162. The lowest BCUT2D eigenvalue weighted by Crippen LogP contribution is -2.49. The Kier molecular flexibility index (Phi) is 5.04. The van der Waals surface area contributed by atoms with E-state index in [1.54, 1.807) is 9.80 Å². The van der Waals surface area contributed by atoms with Crippen LogP contribution in [-0.4, -0.2) is 52.2 Å². The molecule has 1 saturated heterocycles. The SMILES string of the molecule is CCCCN1C(=O)NC=C2C1N=C(Cc1ccc(N3CCCC3=O)cc1)N2O. The van der Waals surface area contributed by atoms with Gasteiger partial charge in [0.05, 0.1) is 0 Å². The standard InChI is InChI=1S/C20H25N5O3/c1-2-3-10-24-19-16(13-21-20(24)27)25(28)17(22-19)12-14-6-8-15(9-7-14)23-11-4-5-18(23)26/h6-9,13,19,28H,2-5,10-12H2,1H3,(H,21,27). The van der Waals surface area contributed by atoms with E-state index in [9.17, 15) is 14.8 Å². The fraction of sp³-hybridized carbons (Fsp3) is 0.450. The van der Waals surface area contributed by atoms with Crippen LogP contribution in [0.25, 0.3) is 0 Å². The van der Waals surface area contributed by atoms with Crippen molar-refractivity contribution in [3.63, 3.8) is 0 Å². The van der Waals surface area contributed by atoms with Gasteiger partial charge in [0.1, 0.15) is 11.5 Å². The predicted molar refractivity (Wildman–Crippen MR) is 105 cm³/mol. The summed E-state index contributed by atoms with van der Waals surface area (Å²) >= 11 is 0. The van der Waals surface area contributed by atoms with E-state index in [1.807, 2.05) is 24.3 Å². The number of carbonyl (C=O) groups excluding carboxylic acids is 2. The fourth-order valence-corrected chi connectivity index (χ4v) is 3.79. The van der Waals surface area contributed by atoms with E-state index in [1.165, 1.54) is 6.20 Å². The smallest absolute Gasteiger partial charge is 0.312 e. The van der Waals surface area contributed by atoms with E-state index >= 15 is 0 Å². The predicted octanol–water partition coefficient (Wildman–Crippen LogP) is 2.45. The quantitative estimate of drug-likeness (QED) is 0.790. The fourth-order valence-electron chi connectivity index (χ4n) is 3.79. The van der Waals surface area contributed by atoms with Crippen molar-refractivity contribution < 1.29 is 14.8 Å². The molecular formula is C20H25N5O3. The van der Waals surface area contributed by atoms with Crippen molar-refractivity contribution in [3.8, 4) is 0 Å². The average molecular weight is 383 g/mol. The van der Waals surface area contributed by atoms with Crippen molar-refractivity contribution in [1.29, 1.82) is 0 Å². The molecule has 1 aromatic carbocycles. The molecule has 0 spiro atoms. The molecule has 0 aromatic heterocycles. The molecule has 8 nitrogen and oxygen atoms in total. The summed E-state index contributed by atoms with van der Waals surface area (Å²) < 4.78 is 0. The zero-order chi connectivity index (χ0) is 19.7. The summed E-state index contributed by atoms with van der Waals surface area (Å²) in [5.74, 6) is 0.661. The molecule has 1 aromatic rings. The van der Waals surface area contributed by atoms with Crippen LogP contribution in [-0.2, 0) is 11.2 Å². The number of aliphatic imine (C=N–C) groups is 1. The highest BCUT2D eigenvalue weighted by molar-refractivity contribution is 5.95. The Bertz CT molecular complexity index is 833. The second-order valence-corrected chi connectivity index (χ2v) is 7.29. The van der Waals surface area contributed by atoms with Gasteiger partial charge in [-0.3, -0.25) is 14.9 Å². The molecule has 2 N–H and O–H groups in total. The number of nitrogens with one attached hydrogen (secondary N) is 1. The second kappa shape index (κ2) is 7.63. The Hall–Kier alpha value is -2.87. The summed E-state index contributed by atoms with van der Waals surface area (Å²) in [6, 6.07) is 7.57. The second-order valence-electron chi connectivity index (χ2n) is 7.29. The van der Waals surface area contributed by atoms with Gasteiger partial charge >= 0.3 is 6.03 Å². The van der Waals surface area contributed by atoms with E-state index in [0.717, 1.165) is 42.1 Å². The van der Waals surface area contributed by atoms with Crippen molar-refractivity contribution in [2.24, 2.45) is 4.99 Å². The number of amides is 3. The molecule has 148 valence electrons. The van der Waals surface area contributed by atoms with Crippen molar-refractivity contribution in [2.75, 3.05) is 18.0 Å². The van der Waals surface area contributed by atoms with Gasteiger partial charge in [0.25, 0.3) is 0 Å². The highest BCUT2D eigenvalue weighted by Gasteiger charge is 2.39. The molecular weight excluding hydrogens is 358 g/mol. The number of unbranched alkanes of at least 4 members (excludes halogenated alkanes) is 1. The maximum atomic E-state index is 12.2. The van der Waals surface area contributed by atoms with Crippen LogP contribution >= 0.6 is 0 Å². The van der Waals surface area contributed by atoms with Crippen LogP contribution in [0.15, 0.2) is 41.2 Å². The van der Waals surface area contributed by atoms with Crippen LogP contribution in [0.2, 0.25) is 0 Å². The number of benzene rings is 1. The zero-order valence-corrected chi connectivity index (χ0v) is 16.0. The number of urea groups is 1. The molecule has 1 unspecified atom stereocenters. The number of rotatable bonds is 6. The normalized spacial score (nSPS) is 21.6. The number of carbonyl (C=O) groups is 2. The number of hydroxylamine groups is 2. The number of fused-ring (bicyclic) bond motifs is 1. The van der Waals surface area contributed by atoms with Crippen LogP contribution in [0.1, 0.15) is 38.2 Å². The molecule has 0 bridgehead atoms. The van der Waals surface area contributed by atoms with Crippen molar-refractivity contribution in [3.05, 3.63) is 41.7 Å². The van der Waals surface area contributed by atoms with Gasteiger partial charge in [-0.25, -0.2) is 14.9 Å². The molecule has 3 aliphatic heterocycles. The van der Waals surface area contributed by atoms with Crippen LogP contribution < -0.4 is 10.2 Å². The highest BCUT2D eigenvalue weighted by Crippen LogP contribution is 2.28. The maximum Gasteiger partial charge on any atom is 0.323 e. The third-order valence-corrected chi connectivity index (χ3v) is 5.36. The third kappa shape index (κ3) is 3.35. The largest absolute Gasteiger partial charge is 0.323 e. The summed E-state index contributed by atoms with van der Waals surface area (Å²) in [6.45, 7) is 3.42. The molecule has 3 amide bonds. The lowest BCUT2D eigenvalue weighted by Gasteiger charge is -2.31. The Labute approximate surface area is 164 Å². The van der Waals surface area contributed by atoms with Gasteiger partial charge in [-0.1, -0.05) is 25.5 Å². The average Bonchev–Trinajstić information content (AvgIpc) is 3.25. The summed E-state index contributed by atoms with van der Waals surface area (Å²) in [6.07, 6.45) is 4.83. The first-order chi connectivity index (χ1) is 13.6. The lowest BCUT2D eigenvalue weighted by molar-refractivity contribution is -0.117. The van der Waals surface area contributed by atoms with Gasteiger partial charge < -0.3 is 10.2 Å². The number of amidine groups is 1. The van der Waals surface area contributed by atoms with Gasteiger partial charge in [0.2, 0.25) is 5.91 Å². The molecule has 8 heteroatoms. The molecule has 3 aliphatic rings. The Morgan fingerprint density at radius 2 is 2.04 bits per heavy atom. The van der Waals surface area contributed by atoms with Gasteiger partial charge in [-0.2, -0.15) is 0 Å². The first-order valence-corrected chi connectivity index (χ1v) is 9.80. The van der Waals surface area contributed by atoms with E-state index in [-0.39, 0.29) is 11.9 Å². The zero-order valence-electron chi connectivity index (χ0n) is 16.0. The van der Waals surface area contributed by atoms with Crippen LogP contribution in [0.5, 0.6) is 0 Å². The molecule has 0 saturated carbocycles. The number of hydrogen-bond donors (Lipinski definition) is 2. The summed E-state index contributed by atoms with van der Waals surface area (Å²) in [4.78, 5) is 32.1. The first kappa shape index (κ1) is 18.5.